The van der Waals surface area contributed by atoms with Gasteiger partial charge in [-0.2, -0.15) is 5.26 Å². The van der Waals surface area contributed by atoms with Crippen LogP contribution in [-0.2, 0) is 6.54 Å². The molecule has 4 aromatic rings. The van der Waals surface area contributed by atoms with Gasteiger partial charge in [0.1, 0.15) is 23.9 Å². The molecule has 12 heteroatoms. The lowest BCUT2D eigenvalue weighted by molar-refractivity contribution is -0.274. The van der Waals surface area contributed by atoms with Crippen molar-refractivity contribution in [2.75, 3.05) is 6.61 Å². The van der Waals surface area contributed by atoms with E-state index in [0.29, 0.717) is 16.6 Å². The lowest BCUT2D eigenvalue weighted by atomic mass is 10.0. The van der Waals surface area contributed by atoms with Crippen LogP contribution in [-0.4, -0.2) is 37.9 Å². The van der Waals surface area contributed by atoms with Gasteiger partial charge in [-0.1, -0.05) is 23.4 Å². The molecule has 2 aromatic heterocycles. The molecule has 0 radical (unpaired) electrons. The van der Waals surface area contributed by atoms with Crippen LogP contribution in [0.2, 0.25) is 0 Å². The summed E-state index contributed by atoms with van der Waals surface area (Å²) in [4.78, 5) is 20.6. The summed E-state index contributed by atoms with van der Waals surface area (Å²) < 4.78 is 47.4. The van der Waals surface area contributed by atoms with E-state index in [0.717, 1.165) is 4.68 Å². The average molecular weight is 454 g/mol. The van der Waals surface area contributed by atoms with Crippen molar-refractivity contribution in [2.45, 2.75) is 12.9 Å². The number of hydrogen-bond donors (Lipinski definition) is 0. The van der Waals surface area contributed by atoms with Crippen LogP contribution in [0.4, 0.5) is 13.2 Å². The largest absolute Gasteiger partial charge is 0.573 e. The average Bonchev–Trinajstić information content (AvgIpc) is 2.80. The predicted octanol–water partition coefficient (Wildman–Crippen LogP) is 3.10. The third-order valence-electron chi connectivity index (χ3n) is 4.43. The Morgan fingerprint density at radius 1 is 1.03 bits per heavy atom. The lowest BCUT2D eigenvalue weighted by Gasteiger charge is -2.10. The maximum atomic E-state index is 12.8. The van der Waals surface area contributed by atoms with Gasteiger partial charge in [0.25, 0.3) is 5.56 Å². The molecule has 0 aliphatic heterocycles. The van der Waals surface area contributed by atoms with E-state index >= 15 is 0 Å². The quantitative estimate of drug-likeness (QED) is 0.436. The Hall–Kier alpha value is -4.53. The van der Waals surface area contributed by atoms with Crippen LogP contribution in [0.25, 0.3) is 22.0 Å². The molecule has 0 aliphatic carbocycles. The van der Waals surface area contributed by atoms with Crippen LogP contribution in [0.3, 0.4) is 0 Å². The number of aromatic nitrogens is 5. The summed E-state index contributed by atoms with van der Waals surface area (Å²) in [5.74, 6) is -0.341. The van der Waals surface area contributed by atoms with Gasteiger partial charge in [0.05, 0.1) is 29.9 Å². The van der Waals surface area contributed by atoms with E-state index < -0.39 is 11.9 Å². The highest BCUT2D eigenvalue weighted by Gasteiger charge is 2.30. The third-order valence-corrected chi connectivity index (χ3v) is 4.43. The van der Waals surface area contributed by atoms with E-state index in [2.05, 4.69) is 25.0 Å². The predicted molar refractivity (Wildman–Crippen MR) is 108 cm³/mol. The molecule has 2 aromatic carbocycles. The minimum absolute atomic E-state index is 0.0341. The molecule has 0 bridgehead atoms. The zero-order valence-corrected chi connectivity index (χ0v) is 16.7. The first kappa shape index (κ1) is 21.7. The van der Waals surface area contributed by atoms with Gasteiger partial charge in [-0.3, -0.25) is 4.79 Å². The Morgan fingerprint density at radius 2 is 1.73 bits per heavy atom. The van der Waals surface area contributed by atoms with Crippen molar-refractivity contribution in [3.63, 3.8) is 0 Å². The fourth-order valence-electron chi connectivity index (χ4n) is 2.92. The second kappa shape index (κ2) is 8.91. The summed E-state index contributed by atoms with van der Waals surface area (Å²) in [6.45, 7) is 0.102. The van der Waals surface area contributed by atoms with Gasteiger partial charge >= 0.3 is 12.4 Å². The number of hydrogen-bond acceptors (Lipinski definition) is 8. The second-order valence-electron chi connectivity index (χ2n) is 6.64. The molecule has 0 fully saturated rings. The Bertz CT molecular complexity index is 1380. The van der Waals surface area contributed by atoms with Gasteiger partial charge in [0, 0.05) is 0 Å². The molecule has 9 nitrogen and oxygen atoms in total. The molecule has 4 rings (SSSR count). The Kier molecular flexibility index (Phi) is 5.86. The smallest absolute Gasteiger partial charge is 0.461 e. The van der Waals surface area contributed by atoms with Gasteiger partial charge in [0.2, 0.25) is 0 Å². The third kappa shape index (κ3) is 5.21. The molecule has 0 N–H and O–H groups in total. The molecular formula is C21H13F3N6O3. The van der Waals surface area contributed by atoms with E-state index in [4.69, 9.17) is 10.00 Å². The molecule has 33 heavy (non-hydrogen) atoms. The zero-order valence-electron chi connectivity index (χ0n) is 16.7. The molecule has 0 amide bonds. The first-order chi connectivity index (χ1) is 15.8. The van der Waals surface area contributed by atoms with Crippen molar-refractivity contribution in [3.8, 4) is 29.0 Å². The van der Waals surface area contributed by atoms with Gasteiger partial charge in [-0.25, -0.2) is 14.6 Å². The normalized spacial score (nSPS) is 11.2. The number of alkyl halides is 3. The van der Waals surface area contributed by atoms with Gasteiger partial charge < -0.3 is 9.47 Å². The molecule has 0 unspecified atom stereocenters. The van der Waals surface area contributed by atoms with E-state index in [1.54, 1.807) is 18.2 Å². The molecule has 0 saturated carbocycles. The van der Waals surface area contributed by atoms with Crippen molar-refractivity contribution in [3.05, 3.63) is 70.8 Å². The molecule has 2 heterocycles. The summed E-state index contributed by atoms with van der Waals surface area (Å²) in [5, 5.41) is 16.9. The van der Waals surface area contributed by atoms with Crippen LogP contribution in [0.15, 0.2) is 59.7 Å². The minimum Gasteiger partial charge on any atom is -0.461 e. The SMILES string of the molecule is N#Cc1cnc(OCCn2nnc3ccc(-c4ccc(OC(F)(F)F)cc4)cc3c2=O)nc1. The maximum absolute atomic E-state index is 12.8. The Balaban J connectivity index is 1.52. The van der Waals surface area contributed by atoms with Crippen LogP contribution in [0.5, 0.6) is 11.8 Å². The fraction of sp³-hybridized carbons (Fsp3) is 0.143. The zero-order chi connectivity index (χ0) is 23.4. The molecule has 0 atom stereocenters. The van der Waals surface area contributed by atoms with Crippen molar-refractivity contribution < 1.29 is 22.6 Å². The van der Waals surface area contributed by atoms with Crippen molar-refractivity contribution in [1.29, 1.82) is 5.26 Å². The summed E-state index contributed by atoms with van der Waals surface area (Å²) in [7, 11) is 0. The highest BCUT2D eigenvalue weighted by atomic mass is 19.4. The number of halogens is 3. The van der Waals surface area contributed by atoms with Crippen LogP contribution in [0.1, 0.15) is 5.56 Å². The highest BCUT2D eigenvalue weighted by molar-refractivity contribution is 5.83. The minimum atomic E-state index is -4.77. The number of benzene rings is 2. The van der Waals surface area contributed by atoms with E-state index in [1.807, 2.05) is 6.07 Å². The summed E-state index contributed by atoms with van der Waals surface area (Å²) >= 11 is 0. The molecule has 0 spiro atoms. The van der Waals surface area contributed by atoms with Crippen LogP contribution < -0.4 is 15.0 Å². The van der Waals surface area contributed by atoms with E-state index in [-0.39, 0.29) is 35.9 Å². The van der Waals surface area contributed by atoms with E-state index in [9.17, 15) is 18.0 Å². The van der Waals surface area contributed by atoms with E-state index in [1.165, 1.54) is 36.7 Å². The molecule has 0 aliphatic rings. The number of nitrogens with zero attached hydrogens (tertiary/aromatic N) is 6. The standard InChI is InChI=1S/C21H13F3N6O3/c22-21(23,24)33-16-4-1-14(2-5-16)15-3-6-18-17(9-15)19(31)30(29-28-18)7-8-32-20-26-11-13(10-25)12-27-20/h1-6,9,11-12H,7-8H2. The number of rotatable bonds is 6. The highest BCUT2D eigenvalue weighted by Crippen LogP contribution is 2.27. The summed E-state index contributed by atoms with van der Waals surface area (Å²) in [5.41, 5.74) is 1.45. The molecule has 166 valence electrons. The summed E-state index contributed by atoms with van der Waals surface area (Å²) in [6.07, 6.45) is -2.15. The Labute approximate surface area is 183 Å². The first-order valence-electron chi connectivity index (χ1n) is 9.41. The van der Waals surface area contributed by atoms with Crippen molar-refractivity contribution >= 4 is 10.9 Å². The fourth-order valence-corrected chi connectivity index (χ4v) is 2.92. The maximum Gasteiger partial charge on any atom is 0.573 e. The van der Waals surface area contributed by atoms with Gasteiger partial charge in [-0.05, 0) is 35.4 Å². The van der Waals surface area contributed by atoms with Crippen molar-refractivity contribution in [1.82, 2.24) is 25.0 Å². The number of fused-ring (bicyclic) bond motifs is 1. The number of nitriles is 1. The molecular weight excluding hydrogens is 441 g/mol. The van der Waals surface area contributed by atoms with Gasteiger partial charge in [-0.15, -0.1) is 18.3 Å². The molecule has 0 saturated heterocycles. The Morgan fingerprint density at radius 3 is 2.39 bits per heavy atom. The number of ether oxygens (including phenoxy) is 2. The van der Waals surface area contributed by atoms with Gasteiger partial charge in [0.15, 0.2) is 0 Å². The second-order valence-corrected chi connectivity index (χ2v) is 6.64. The lowest BCUT2D eigenvalue weighted by Crippen LogP contribution is -2.27. The van der Waals surface area contributed by atoms with Crippen LogP contribution in [0, 0.1) is 11.3 Å². The first-order valence-corrected chi connectivity index (χ1v) is 9.41. The van der Waals surface area contributed by atoms with Crippen molar-refractivity contribution in [2.24, 2.45) is 0 Å². The monoisotopic (exact) mass is 454 g/mol. The topological polar surface area (TPSA) is 116 Å². The summed E-state index contributed by atoms with van der Waals surface area (Å²) in [6, 6.07) is 12.1. The van der Waals surface area contributed by atoms with Crippen LogP contribution >= 0.6 is 0 Å².